The van der Waals surface area contributed by atoms with Crippen molar-refractivity contribution in [1.82, 2.24) is 20.6 Å². The standard InChI is InChI=1S/C25H23ClN4O2/c1-16-10-12-18(13-11-16)15-30-24(26)23(17(2)29-30)25(32)28-27-22(31)14-20-8-5-7-19-6-3-4-9-21(19)20/h3-13H,14-15H2,1-2H3,(H,27,31)(H,28,32). The molecule has 32 heavy (non-hydrogen) atoms. The van der Waals surface area contributed by atoms with Crippen molar-refractivity contribution in [1.29, 1.82) is 0 Å². The quantitative estimate of drug-likeness (QED) is 0.447. The zero-order chi connectivity index (χ0) is 22.7. The summed E-state index contributed by atoms with van der Waals surface area (Å²) in [7, 11) is 0. The Bertz CT molecular complexity index is 1290. The predicted molar refractivity (Wildman–Crippen MR) is 126 cm³/mol. The van der Waals surface area contributed by atoms with E-state index in [1.54, 1.807) is 11.6 Å². The summed E-state index contributed by atoms with van der Waals surface area (Å²) in [5.41, 5.74) is 8.74. The van der Waals surface area contributed by atoms with Crippen molar-refractivity contribution < 1.29 is 9.59 Å². The van der Waals surface area contributed by atoms with Gasteiger partial charge in [-0.2, -0.15) is 5.10 Å². The molecule has 4 aromatic rings. The molecular formula is C25H23ClN4O2. The number of amides is 2. The van der Waals surface area contributed by atoms with E-state index in [-0.39, 0.29) is 23.0 Å². The van der Waals surface area contributed by atoms with Crippen LogP contribution in [0.5, 0.6) is 0 Å². The molecule has 1 aromatic heterocycles. The van der Waals surface area contributed by atoms with Gasteiger partial charge >= 0.3 is 0 Å². The molecule has 0 bridgehead atoms. The van der Waals surface area contributed by atoms with Gasteiger partial charge in [0.25, 0.3) is 5.91 Å². The van der Waals surface area contributed by atoms with Crippen molar-refractivity contribution in [2.45, 2.75) is 26.8 Å². The lowest BCUT2D eigenvalue weighted by molar-refractivity contribution is -0.121. The van der Waals surface area contributed by atoms with Gasteiger partial charge in [-0.3, -0.25) is 20.4 Å². The number of rotatable bonds is 5. The van der Waals surface area contributed by atoms with E-state index in [4.69, 9.17) is 11.6 Å². The number of aromatic nitrogens is 2. The summed E-state index contributed by atoms with van der Waals surface area (Å²) in [4.78, 5) is 25.2. The van der Waals surface area contributed by atoms with Gasteiger partial charge in [-0.25, -0.2) is 4.68 Å². The number of halogens is 1. The average molecular weight is 447 g/mol. The van der Waals surface area contributed by atoms with Crippen LogP contribution >= 0.6 is 11.6 Å². The van der Waals surface area contributed by atoms with E-state index in [0.717, 1.165) is 27.5 Å². The molecule has 3 aromatic carbocycles. The molecule has 0 fully saturated rings. The van der Waals surface area contributed by atoms with Crippen molar-refractivity contribution in [3.05, 3.63) is 99.8 Å². The normalized spacial score (nSPS) is 10.8. The van der Waals surface area contributed by atoms with Crippen LogP contribution in [0.15, 0.2) is 66.7 Å². The lowest BCUT2D eigenvalue weighted by Gasteiger charge is -2.09. The van der Waals surface area contributed by atoms with E-state index in [0.29, 0.717) is 12.2 Å². The average Bonchev–Trinajstić information content (AvgIpc) is 3.06. The van der Waals surface area contributed by atoms with E-state index in [2.05, 4.69) is 16.0 Å². The Morgan fingerprint density at radius 3 is 2.44 bits per heavy atom. The minimum Gasteiger partial charge on any atom is -0.273 e. The molecule has 4 rings (SSSR count). The van der Waals surface area contributed by atoms with Crippen molar-refractivity contribution in [3.8, 4) is 0 Å². The van der Waals surface area contributed by atoms with Gasteiger partial charge in [0.15, 0.2) is 0 Å². The zero-order valence-corrected chi connectivity index (χ0v) is 18.6. The predicted octanol–water partition coefficient (Wildman–Crippen LogP) is 4.36. The third-order valence-corrected chi connectivity index (χ3v) is 5.68. The van der Waals surface area contributed by atoms with E-state index in [1.807, 2.05) is 73.7 Å². The van der Waals surface area contributed by atoms with E-state index in [9.17, 15) is 9.59 Å². The van der Waals surface area contributed by atoms with Crippen LogP contribution in [0.25, 0.3) is 10.8 Å². The monoisotopic (exact) mass is 446 g/mol. The maximum atomic E-state index is 12.7. The second kappa shape index (κ2) is 9.24. The molecule has 2 N–H and O–H groups in total. The Morgan fingerprint density at radius 1 is 0.938 bits per heavy atom. The number of hydrazine groups is 1. The number of carbonyl (C=O) groups excluding carboxylic acids is 2. The number of benzene rings is 3. The zero-order valence-electron chi connectivity index (χ0n) is 17.9. The van der Waals surface area contributed by atoms with Crippen LogP contribution in [0.4, 0.5) is 0 Å². The van der Waals surface area contributed by atoms with Crippen LogP contribution in [0.3, 0.4) is 0 Å². The lowest BCUT2D eigenvalue weighted by Crippen LogP contribution is -2.42. The Kier molecular flexibility index (Phi) is 6.23. The number of nitrogens with zero attached hydrogens (tertiary/aromatic N) is 2. The third kappa shape index (κ3) is 4.65. The Morgan fingerprint density at radius 2 is 1.66 bits per heavy atom. The number of carbonyl (C=O) groups is 2. The Balaban J connectivity index is 1.42. The SMILES string of the molecule is Cc1ccc(Cn2nc(C)c(C(=O)NNC(=O)Cc3cccc4ccccc34)c2Cl)cc1. The Hall–Kier alpha value is -3.64. The van der Waals surface area contributed by atoms with Crippen molar-refractivity contribution in [2.24, 2.45) is 0 Å². The number of nitrogens with one attached hydrogen (secondary N) is 2. The summed E-state index contributed by atoms with van der Waals surface area (Å²) in [6.45, 7) is 4.18. The maximum absolute atomic E-state index is 12.7. The molecule has 7 heteroatoms. The number of hydrogen-bond acceptors (Lipinski definition) is 3. The fraction of sp³-hybridized carbons (Fsp3) is 0.160. The first kappa shape index (κ1) is 21.6. The first-order chi connectivity index (χ1) is 15.4. The molecule has 0 radical (unpaired) electrons. The summed E-state index contributed by atoms with van der Waals surface area (Å²) >= 11 is 6.44. The summed E-state index contributed by atoms with van der Waals surface area (Å²) in [5.74, 6) is -0.829. The molecule has 0 aliphatic rings. The smallest absolute Gasteiger partial charge is 0.273 e. The fourth-order valence-corrected chi connectivity index (χ4v) is 3.96. The van der Waals surface area contributed by atoms with Crippen LogP contribution in [0.1, 0.15) is 32.7 Å². The van der Waals surface area contributed by atoms with Gasteiger partial charge in [-0.15, -0.1) is 0 Å². The van der Waals surface area contributed by atoms with Gasteiger partial charge in [0.05, 0.1) is 18.7 Å². The highest BCUT2D eigenvalue weighted by Crippen LogP contribution is 2.21. The number of aryl methyl sites for hydroxylation is 2. The number of fused-ring (bicyclic) bond motifs is 1. The molecule has 0 unspecified atom stereocenters. The van der Waals surface area contributed by atoms with Crippen molar-refractivity contribution in [3.63, 3.8) is 0 Å². The molecule has 162 valence electrons. The first-order valence-electron chi connectivity index (χ1n) is 10.3. The van der Waals surface area contributed by atoms with Crippen LogP contribution < -0.4 is 10.9 Å². The van der Waals surface area contributed by atoms with Crippen LogP contribution in [-0.2, 0) is 17.8 Å². The minimum atomic E-state index is -0.506. The van der Waals surface area contributed by atoms with Gasteiger partial charge in [-0.05, 0) is 35.7 Å². The molecule has 0 saturated heterocycles. The topological polar surface area (TPSA) is 76.0 Å². The molecule has 0 aliphatic carbocycles. The van der Waals surface area contributed by atoms with Crippen molar-refractivity contribution in [2.75, 3.05) is 0 Å². The van der Waals surface area contributed by atoms with E-state index >= 15 is 0 Å². The molecule has 0 saturated carbocycles. The summed E-state index contributed by atoms with van der Waals surface area (Å²) < 4.78 is 1.58. The Labute approximate surface area is 191 Å². The van der Waals surface area contributed by atoms with Crippen LogP contribution in [0.2, 0.25) is 5.15 Å². The second-order valence-electron chi connectivity index (χ2n) is 7.71. The fourth-order valence-electron chi connectivity index (χ4n) is 3.64. The number of hydrogen-bond donors (Lipinski definition) is 2. The van der Waals surface area contributed by atoms with Crippen LogP contribution in [-0.4, -0.2) is 21.6 Å². The maximum Gasteiger partial charge on any atom is 0.274 e. The summed E-state index contributed by atoms with van der Waals surface area (Å²) in [6.07, 6.45) is 0.140. The molecule has 2 amide bonds. The second-order valence-corrected chi connectivity index (χ2v) is 8.07. The van der Waals surface area contributed by atoms with Crippen molar-refractivity contribution >= 4 is 34.2 Å². The molecule has 0 atom stereocenters. The molecular weight excluding hydrogens is 424 g/mol. The van der Waals surface area contributed by atoms with Gasteiger partial charge in [0.2, 0.25) is 5.91 Å². The summed E-state index contributed by atoms with van der Waals surface area (Å²) in [6, 6.07) is 21.7. The highest BCUT2D eigenvalue weighted by molar-refractivity contribution is 6.33. The minimum absolute atomic E-state index is 0.140. The molecule has 1 heterocycles. The first-order valence-corrected chi connectivity index (χ1v) is 10.6. The summed E-state index contributed by atoms with van der Waals surface area (Å²) in [5, 5.41) is 6.68. The largest absolute Gasteiger partial charge is 0.274 e. The third-order valence-electron chi connectivity index (χ3n) is 5.29. The highest BCUT2D eigenvalue weighted by Gasteiger charge is 2.21. The highest BCUT2D eigenvalue weighted by atomic mass is 35.5. The van der Waals surface area contributed by atoms with Gasteiger partial charge < -0.3 is 0 Å². The molecule has 0 spiro atoms. The van der Waals surface area contributed by atoms with E-state index < -0.39 is 5.91 Å². The molecule has 0 aliphatic heterocycles. The lowest BCUT2D eigenvalue weighted by atomic mass is 10.0. The molecule has 6 nitrogen and oxygen atoms in total. The van der Waals surface area contributed by atoms with Gasteiger partial charge in [0, 0.05) is 0 Å². The van der Waals surface area contributed by atoms with E-state index in [1.165, 1.54) is 0 Å². The van der Waals surface area contributed by atoms with Gasteiger partial charge in [0.1, 0.15) is 10.7 Å². The van der Waals surface area contributed by atoms with Crippen LogP contribution in [0, 0.1) is 13.8 Å². The van der Waals surface area contributed by atoms with Gasteiger partial charge in [-0.1, -0.05) is 83.9 Å².